The highest BCUT2D eigenvalue weighted by molar-refractivity contribution is 8.01. The number of benzene rings is 1. The van der Waals surface area contributed by atoms with Gasteiger partial charge in [0.15, 0.2) is 0 Å². The van der Waals surface area contributed by atoms with Crippen LogP contribution in [0.1, 0.15) is 26.7 Å². The predicted octanol–water partition coefficient (Wildman–Crippen LogP) is 5.75. The lowest BCUT2D eigenvalue weighted by Gasteiger charge is -2.23. The molecule has 0 aliphatic heterocycles. The summed E-state index contributed by atoms with van der Waals surface area (Å²) in [7, 11) is -3.71. The molecule has 0 aromatic heterocycles. The van der Waals surface area contributed by atoms with Crippen LogP contribution in [0.25, 0.3) is 0 Å². The van der Waals surface area contributed by atoms with Crippen molar-refractivity contribution in [1.82, 2.24) is 4.31 Å². The third-order valence-electron chi connectivity index (χ3n) is 2.85. The van der Waals surface area contributed by atoms with E-state index in [1.54, 1.807) is 0 Å². The molecule has 0 N–H and O–H groups in total. The molecular weight excluding hydrogens is 408 g/mol. The molecule has 0 atom stereocenters. The fourth-order valence-electron chi connectivity index (χ4n) is 1.93. The molecule has 0 unspecified atom stereocenters. The molecular formula is C13H17Cl4NO2S2. The van der Waals surface area contributed by atoms with Crippen LogP contribution in [-0.4, -0.2) is 31.0 Å². The molecule has 9 heteroatoms. The van der Waals surface area contributed by atoms with E-state index in [2.05, 4.69) is 0 Å². The second-order valence-electron chi connectivity index (χ2n) is 4.47. The van der Waals surface area contributed by atoms with Crippen LogP contribution in [0.3, 0.4) is 0 Å². The molecule has 0 aliphatic carbocycles. The Bertz CT molecular complexity index is 617. The summed E-state index contributed by atoms with van der Waals surface area (Å²) in [6, 6.07) is 1.35. The molecule has 1 aromatic rings. The summed E-state index contributed by atoms with van der Waals surface area (Å²) in [5.41, 5.74) is 0. The molecule has 0 bridgehead atoms. The zero-order valence-electron chi connectivity index (χ0n) is 12.2. The van der Waals surface area contributed by atoms with E-state index in [0.29, 0.717) is 30.8 Å². The van der Waals surface area contributed by atoms with Gasteiger partial charge in [-0.1, -0.05) is 48.7 Å². The van der Waals surface area contributed by atoms with Crippen molar-refractivity contribution in [3.05, 3.63) is 21.1 Å². The Hall–Kier alpha value is 0.640. The van der Waals surface area contributed by atoms with Gasteiger partial charge in [-0.15, -0.1) is 23.4 Å². The number of halogens is 4. The SMILES string of the molecule is CCCN(CCC)S(=O)(=O)c1cc(Cl)c(Cl)c(Cl)c1SCCl. The van der Waals surface area contributed by atoms with Crippen molar-refractivity contribution in [1.29, 1.82) is 0 Å². The highest BCUT2D eigenvalue weighted by Gasteiger charge is 2.29. The smallest absolute Gasteiger partial charge is 0.207 e. The summed E-state index contributed by atoms with van der Waals surface area (Å²) in [6.07, 6.45) is 1.43. The number of hydrogen-bond donors (Lipinski definition) is 0. The van der Waals surface area contributed by atoms with Crippen LogP contribution >= 0.6 is 58.2 Å². The molecule has 126 valence electrons. The maximum Gasteiger partial charge on any atom is 0.244 e. The van der Waals surface area contributed by atoms with Gasteiger partial charge in [-0.25, -0.2) is 8.42 Å². The normalized spacial score (nSPS) is 12.1. The van der Waals surface area contributed by atoms with Gasteiger partial charge in [-0.2, -0.15) is 4.31 Å². The number of thioether (sulfide) groups is 1. The van der Waals surface area contributed by atoms with E-state index in [9.17, 15) is 8.42 Å². The minimum Gasteiger partial charge on any atom is -0.207 e. The summed E-state index contributed by atoms with van der Waals surface area (Å²) >= 11 is 25.1. The molecule has 0 fully saturated rings. The van der Waals surface area contributed by atoms with Crippen LogP contribution < -0.4 is 0 Å². The summed E-state index contributed by atoms with van der Waals surface area (Å²) < 4.78 is 27.3. The fraction of sp³-hybridized carbons (Fsp3) is 0.538. The molecule has 22 heavy (non-hydrogen) atoms. The van der Waals surface area contributed by atoms with E-state index in [4.69, 9.17) is 46.4 Å². The lowest BCUT2D eigenvalue weighted by molar-refractivity contribution is 0.409. The average Bonchev–Trinajstić information content (AvgIpc) is 2.47. The third kappa shape index (κ3) is 4.59. The predicted molar refractivity (Wildman–Crippen MR) is 97.4 cm³/mol. The molecule has 3 nitrogen and oxygen atoms in total. The monoisotopic (exact) mass is 423 g/mol. The van der Waals surface area contributed by atoms with Gasteiger partial charge >= 0.3 is 0 Å². The van der Waals surface area contributed by atoms with Crippen LogP contribution in [0, 0.1) is 0 Å². The van der Waals surface area contributed by atoms with Crippen molar-refractivity contribution in [3.63, 3.8) is 0 Å². The molecule has 1 rings (SSSR count). The fourth-order valence-corrected chi connectivity index (χ4v) is 5.96. The van der Waals surface area contributed by atoms with Crippen LogP contribution in [0.15, 0.2) is 15.9 Å². The Morgan fingerprint density at radius 3 is 2.09 bits per heavy atom. The van der Waals surface area contributed by atoms with E-state index in [1.807, 2.05) is 13.8 Å². The molecule has 0 saturated carbocycles. The Kier molecular flexibility index (Phi) is 8.66. The molecule has 0 aliphatic rings. The summed E-state index contributed by atoms with van der Waals surface area (Å²) in [4.78, 5) is 0.391. The van der Waals surface area contributed by atoms with Crippen molar-refractivity contribution in [2.75, 3.05) is 18.3 Å². The number of hydrogen-bond acceptors (Lipinski definition) is 3. The standard InChI is InChI=1S/C13H17Cl4NO2S2/c1-3-5-18(6-4-2)22(19,20)10-7-9(15)11(16)12(17)13(10)21-8-14/h7H,3-6,8H2,1-2H3. The topological polar surface area (TPSA) is 37.4 Å². The molecule has 0 radical (unpaired) electrons. The van der Waals surface area contributed by atoms with E-state index < -0.39 is 10.0 Å². The first-order valence-corrected chi connectivity index (χ1v) is 10.8. The van der Waals surface area contributed by atoms with Gasteiger partial charge in [0.25, 0.3) is 0 Å². The van der Waals surface area contributed by atoms with Gasteiger partial charge in [-0.3, -0.25) is 0 Å². The zero-order chi connectivity index (χ0) is 16.9. The van der Waals surface area contributed by atoms with Crippen LogP contribution in [0.5, 0.6) is 0 Å². The van der Waals surface area contributed by atoms with Crippen molar-refractivity contribution in [2.24, 2.45) is 0 Å². The maximum absolute atomic E-state index is 12.9. The van der Waals surface area contributed by atoms with E-state index in [-0.39, 0.29) is 25.2 Å². The van der Waals surface area contributed by atoms with E-state index in [0.717, 1.165) is 11.8 Å². The second-order valence-corrected chi connectivity index (χ2v) is 9.11. The number of rotatable bonds is 8. The largest absolute Gasteiger partial charge is 0.244 e. The molecule has 0 amide bonds. The minimum atomic E-state index is -3.71. The Balaban J connectivity index is 3.51. The van der Waals surface area contributed by atoms with Crippen LogP contribution in [0.2, 0.25) is 15.1 Å². The molecule has 0 heterocycles. The van der Waals surface area contributed by atoms with Gasteiger partial charge in [-0.05, 0) is 18.9 Å². The molecule has 0 saturated heterocycles. The van der Waals surface area contributed by atoms with E-state index >= 15 is 0 Å². The third-order valence-corrected chi connectivity index (χ3v) is 7.42. The first kappa shape index (κ1) is 20.7. The Morgan fingerprint density at radius 2 is 1.64 bits per heavy atom. The van der Waals surface area contributed by atoms with Gasteiger partial charge < -0.3 is 0 Å². The first-order valence-electron chi connectivity index (χ1n) is 6.67. The quantitative estimate of drug-likeness (QED) is 0.303. The second kappa shape index (κ2) is 9.21. The summed E-state index contributed by atoms with van der Waals surface area (Å²) in [6.45, 7) is 4.71. The average molecular weight is 425 g/mol. The van der Waals surface area contributed by atoms with E-state index in [1.165, 1.54) is 10.4 Å². The zero-order valence-corrected chi connectivity index (χ0v) is 16.9. The van der Waals surface area contributed by atoms with Crippen molar-refractivity contribution < 1.29 is 8.42 Å². The number of sulfonamides is 1. The van der Waals surface area contributed by atoms with Crippen molar-refractivity contribution in [2.45, 2.75) is 36.5 Å². The molecule has 1 aromatic carbocycles. The van der Waals surface area contributed by atoms with Crippen LogP contribution in [0.4, 0.5) is 0 Å². The first-order chi connectivity index (χ1) is 10.3. The number of alkyl halides is 1. The van der Waals surface area contributed by atoms with Gasteiger partial charge in [0.05, 0.1) is 25.2 Å². The van der Waals surface area contributed by atoms with Crippen molar-refractivity contribution in [3.8, 4) is 0 Å². The van der Waals surface area contributed by atoms with Gasteiger partial charge in [0.2, 0.25) is 10.0 Å². The lowest BCUT2D eigenvalue weighted by Crippen LogP contribution is -2.33. The van der Waals surface area contributed by atoms with Crippen molar-refractivity contribution >= 4 is 68.2 Å². The summed E-state index contributed by atoms with van der Waals surface area (Å²) in [5, 5.41) is 0.512. The maximum atomic E-state index is 12.9. The number of nitrogens with zero attached hydrogens (tertiary/aromatic N) is 1. The Morgan fingerprint density at radius 1 is 1.09 bits per heavy atom. The minimum absolute atomic E-state index is 0.0550. The summed E-state index contributed by atoms with van der Waals surface area (Å²) in [5.74, 6) is 0. The van der Waals surface area contributed by atoms with Crippen LogP contribution in [-0.2, 0) is 10.0 Å². The molecule has 0 spiro atoms. The van der Waals surface area contributed by atoms with Gasteiger partial charge in [0, 0.05) is 18.0 Å². The Labute approximate surface area is 156 Å². The van der Waals surface area contributed by atoms with Gasteiger partial charge in [0.1, 0.15) is 0 Å². The highest BCUT2D eigenvalue weighted by atomic mass is 35.5. The lowest BCUT2D eigenvalue weighted by atomic mass is 10.3. The highest BCUT2D eigenvalue weighted by Crippen LogP contribution is 2.43.